The molecule has 0 saturated carbocycles. The van der Waals surface area contributed by atoms with Crippen molar-refractivity contribution in [1.29, 1.82) is 0 Å². The largest absolute Gasteiger partial charge is 0.493 e. The fourth-order valence-electron chi connectivity index (χ4n) is 1.57. The molecule has 5 heteroatoms. The van der Waals surface area contributed by atoms with E-state index in [9.17, 15) is 9.18 Å². The molecule has 0 aromatic heterocycles. The van der Waals surface area contributed by atoms with Crippen molar-refractivity contribution in [3.63, 3.8) is 0 Å². The summed E-state index contributed by atoms with van der Waals surface area (Å²) >= 11 is 0. The topological polar surface area (TPSA) is 78.3 Å². The summed E-state index contributed by atoms with van der Waals surface area (Å²) in [5.74, 6) is -0.830. The van der Waals surface area contributed by atoms with Gasteiger partial charge in [-0.1, -0.05) is 13.8 Å². The quantitative estimate of drug-likeness (QED) is 0.788. The average molecular weight is 268 g/mol. The second-order valence-corrected chi connectivity index (χ2v) is 4.78. The van der Waals surface area contributed by atoms with Crippen LogP contribution in [0.5, 0.6) is 5.75 Å². The number of primary amides is 1. The number of carbonyl (C=O) groups excluding carboxylic acids is 1. The first-order chi connectivity index (χ1) is 8.92. The van der Waals surface area contributed by atoms with Crippen LogP contribution in [-0.4, -0.2) is 18.6 Å². The standard InChI is InChI=1S/C14H21FN2O2/c1-3-12(16)5-10-4-11(15)7-13(6-10)19-8-9(2)14(17)18/h4,6-7,9,12H,3,5,8,16H2,1-2H3,(H2,17,18). The Balaban J connectivity index is 2.71. The first-order valence-corrected chi connectivity index (χ1v) is 6.39. The smallest absolute Gasteiger partial charge is 0.223 e. The lowest BCUT2D eigenvalue weighted by molar-refractivity contribution is -0.122. The molecule has 2 atom stereocenters. The number of hydrogen-bond acceptors (Lipinski definition) is 3. The lowest BCUT2D eigenvalue weighted by atomic mass is 10.0. The maximum Gasteiger partial charge on any atom is 0.223 e. The van der Waals surface area contributed by atoms with Gasteiger partial charge in [0, 0.05) is 12.1 Å². The van der Waals surface area contributed by atoms with E-state index in [1.54, 1.807) is 13.0 Å². The van der Waals surface area contributed by atoms with Gasteiger partial charge in [0.05, 0.1) is 12.5 Å². The lowest BCUT2D eigenvalue weighted by Gasteiger charge is -2.13. The molecule has 2 unspecified atom stereocenters. The number of halogens is 1. The van der Waals surface area contributed by atoms with Crippen molar-refractivity contribution in [2.24, 2.45) is 17.4 Å². The summed E-state index contributed by atoms with van der Waals surface area (Å²) < 4.78 is 18.8. The van der Waals surface area contributed by atoms with Crippen molar-refractivity contribution in [2.75, 3.05) is 6.61 Å². The van der Waals surface area contributed by atoms with Crippen LogP contribution in [0.15, 0.2) is 18.2 Å². The van der Waals surface area contributed by atoms with Crippen molar-refractivity contribution < 1.29 is 13.9 Å². The Morgan fingerprint density at radius 2 is 2.11 bits per heavy atom. The van der Waals surface area contributed by atoms with Crippen molar-refractivity contribution in [2.45, 2.75) is 32.7 Å². The molecule has 0 aliphatic heterocycles. The molecule has 0 aliphatic carbocycles. The van der Waals surface area contributed by atoms with E-state index in [1.165, 1.54) is 12.1 Å². The van der Waals surface area contributed by atoms with Crippen LogP contribution in [0.1, 0.15) is 25.8 Å². The van der Waals surface area contributed by atoms with E-state index in [4.69, 9.17) is 16.2 Å². The highest BCUT2D eigenvalue weighted by molar-refractivity contribution is 5.76. The molecule has 0 radical (unpaired) electrons. The van der Waals surface area contributed by atoms with Crippen molar-refractivity contribution in [1.82, 2.24) is 0 Å². The predicted molar refractivity (Wildman–Crippen MR) is 72.2 cm³/mol. The van der Waals surface area contributed by atoms with Gasteiger partial charge < -0.3 is 16.2 Å². The Hall–Kier alpha value is -1.62. The fourth-order valence-corrected chi connectivity index (χ4v) is 1.57. The molecule has 4 N–H and O–H groups in total. The Bertz CT molecular complexity index is 437. The van der Waals surface area contributed by atoms with Gasteiger partial charge in [-0.05, 0) is 30.5 Å². The zero-order valence-electron chi connectivity index (χ0n) is 11.4. The molecule has 4 nitrogen and oxygen atoms in total. The number of nitrogens with two attached hydrogens (primary N) is 2. The maximum atomic E-state index is 13.5. The van der Waals surface area contributed by atoms with Gasteiger partial charge in [-0.15, -0.1) is 0 Å². The van der Waals surface area contributed by atoms with Gasteiger partial charge in [0.2, 0.25) is 5.91 Å². The van der Waals surface area contributed by atoms with Crippen molar-refractivity contribution in [3.05, 3.63) is 29.6 Å². The van der Waals surface area contributed by atoms with E-state index in [-0.39, 0.29) is 18.5 Å². The summed E-state index contributed by atoms with van der Waals surface area (Å²) in [5.41, 5.74) is 11.8. The van der Waals surface area contributed by atoms with Gasteiger partial charge in [0.25, 0.3) is 0 Å². The summed E-state index contributed by atoms with van der Waals surface area (Å²) in [7, 11) is 0. The summed E-state index contributed by atoms with van der Waals surface area (Å²) in [6.07, 6.45) is 1.42. The minimum absolute atomic E-state index is 0.000747. The summed E-state index contributed by atoms with van der Waals surface area (Å²) in [5, 5.41) is 0. The van der Waals surface area contributed by atoms with Crippen LogP contribution < -0.4 is 16.2 Å². The van der Waals surface area contributed by atoms with Gasteiger partial charge in [0.15, 0.2) is 0 Å². The summed E-state index contributed by atoms with van der Waals surface area (Å²) in [6.45, 7) is 3.78. The molecule has 0 saturated heterocycles. The highest BCUT2D eigenvalue weighted by Crippen LogP contribution is 2.18. The number of hydrogen-bond donors (Lipinski definition) is 2. The number of benzene rings is 1. The molecule has 0 bridgehead atoms. The minimum atomic E-state index is -0.440. The average Bonchev–Trinajstić information content (AvgIpc) is 2.34. The molecule has 1 amide bonds. The van der Waals surface area contributed by atoms with Gasteiger partial charge in [-0.25, -0.2) is 4.39 Å². The van der Waals surface area contributed by atoms with Crippen LogP contribution in [0.25, 0.3) is 0 Å². The van der Waals surface area contributed by atoms with E-state index >= 15 is 0 Å². The second kappa shape index (κ2) is 7.09. The highest BCUT2D eigenvalue weighted by atomic mass is 19.1. The van der Waals surface area contributed by atoms with Gasteiger partial charge in [0.1, 0.15) is 11.6 Å². The molecule has 1 rings (SSSR count). The summed E-state index contributed by atoms with van der Waals surface area (Å²) in [4.78, 5) is 10.9. The zero-order chi connectivity index (χ0) is 14.4. The predicted octanol–water partition coefficient (Wildman–Crippen LogP) is 1.61. The number of carbonyl (C=O) groups is 1. The summed E-state index contributed by atoms with van der Waals surface area (Å²) in [6, 6.07) is 4.47. The normalized spacial score (nSPS) is 13.9. The first-order valence-electron chi connectivity index (χ1n) is 6.39. The molecule has 106 valence electrons. The van der Waals surface area contributed by atoms with Crippen LogP contribution in [-0.2, 0) is 11.2 Å². The van der Waals surface area contributed by atoms with E-state index in [1.807, 2.05) is 6.92 Å². The third kappa shape index (κ3) is 5.26. The first kappa shape index (κ1) is 15.4. The molecule has 0 fully saturated rings. The molecule has 0 heterocycles. The molecule has 0 spiro atoms. The van der Waals surface area contributed by atoms with E-state index in [2.05, 4.69) is 0 Å². The highest BCUT2D eigenvalue weighted by Gasteiger charge is 2.11. The van der Waals surface area contributed by atoms with Gasteiger partial charge in [-0.3, -0.25) is 4.79 Å². The van der Waals surface area contributed by atoms with Crippen LogP contribution in [0.4, 0.5) is 4.39 Å². The van der Waals surface area contributed by atoms with Crippen LogP contribution in [0.3, 0.4) is 0 Å². The number of rotatable bonds is 7. The van der Waals surface area contributed by atoms with Crippen molar-refractivity contribution in [3.8, 4) is 5.75 Å². The number of ether oxygens (including phenoxy) is 1. The molecule has 0 aliphatic rings. The fraction of sp³-hybridized carbons (Fsp3) is 0.500. The van der Waals surface area contributed by atoms with Crippen LogP contribution >= 0.6 is 0 Å². The molecular weight excluding hydrogens is 247 g/mol. The Morgan fingerprint density at radius 1 is 1.42 bits per heavy atom. The third-order valence-corrected chi connectivity index (χ3v) is 2.94. The Kier molecular flexibility index (Phi) is 5.76. The second-order valence-electron chi connectivity index (χ2n) is 4.78. The Labute approximate surface area is 112 Å². The minimum Gasteiger partial charge on any atom is -0.493 e. The molecular formula is C14H21FN2O2. The monoisotopic (exact) mass is 268 g/mol. The van der Waals surface area contributed by atoms with Crippen LogP contribution in [0, 0.1) is 11.7 Å². The third-order valence-electron chi connectivity index (χ3n) is 2.94. The van der Waals surface area contributed by atoms with Crippen LogP contribution in [0.2, 0.25) is 0 Å². The van der Waals surface area contributed by atoms with E-state index < -0.39 is 11.8 Å². The maximum absolute atomic E-state index is 13.5. The van der Waals surface area contributed by atoms with Crippen molar-refractivity contribution >= 4 is 5.91 Å². The molecule has 19 heavy (non-hydrogen) atoms. The SMILES string of the molecule is CCC(N)Cc1cc(F)cc(OCC(C)C(N)=O)c1. The molecule has 1 aromatic carbocycles. The van der Waals surface area contributed by atoms with Gasteiger partial charge >= 0.3 is 0 Å². The Morgan fingerprint density at radius 3 is 2.68 bits per heavy atom. The van der Waals surface area contributed by atoms with E-state index in [0.29, 0.717) is 12.2 Å². The number of amides is 1. The molecule has 1 aromatic rings. The van der Waals surface area contributed by atoms with E-state index in [0.717, 1.165) is 12.0 Å². The lowest BCUT2D eigenvalue weighted by Crippen LogP contribution is -2.25. The zero-order valence-corrected chi connectivity index (χ0v) is 11.4. The van der Waals surface area contributed by atoms with Gasteiger partial charge in [-0.2, -0.15) is 0 Å².